The molecule has 0 saturated carbocycles. The molecule has 0 bridgehead atoms. The maximum absolute atomic E-state index is 8.51. The lowest BCUT2D eigenvalue weighted by atomic mass is 9.91. The predicted octanol–water partition coefficient (Wildman–Crippen LogP) is 1.33. The van der Waals surface area contributed by atoms with E-state index in [9.17, 15) is 0 Å². The van der Waals surface area contributed by atoms with Crippen LogP contribution in [0.4, 0.5) is 0 Å². The summed E-state index contributed by atoms with van der Waals surface area (Å²) in [5, 5.41) is 8.51. The molecule has 1 heterocycles. The van der Waals surface area contributed by atoms with Crippen LogP contribution in [-0.2, 0) is 4.74 Å². The van der Waals surface area contributed by atoms with Crippen molar-refractivity contribution in [1.82, 2.24) is 0 Å². The molecule has 0 radical (unpaired) electrons. The van der Waals surface area contributed by atoms with Crippen LogP contribution in [0.5, 0.6) is 0 Å². The largest absolute Gasteiger partial charge is 0.396 e. The van der Waals surface area contributed by atoms with Crippen molar-refractivity contribution in [3.05, 3.63) is 0 Å². The number of aliphatic hydroxyl groups is 1. The van der Waals surface area contributed by atoms with Gasteiger partial charge in [0, 0.05) is 6.61 Å². The maximum Gasteiger partial charge on any atom is 0.0676 e. The summed E-state index contributed by atoms with van der Waals surface area (Å²) in [5.41, 5.74) is 0.162. The van der Waals surface area contributed by atoms with Crippen LogP contribution in [0, 0.1) is 0 Å². The van der Waals surface area contributed by atoms with Crippen molar-refractivity contribution in [2.24, 2.45) is 0 Å². The van der Waals surface area contributed by atoms with Gasteiger partial charge >= 0.3 is 0 Å². The lowest BCUT2D eigenvalue weighted by Crippen LogP contribution is -2.40. The summed E-state index contributed by atoms with van der Waals surface area (Å²) >= 11 is 0. The van der Waals surface area contributed by atoms with E-state index < -0.39 is 0 Å². The first-order chi connectivity index (χ1) is 4.77. The van der Waals surface area contributed by atoms with Crippen LogP contribution in [0.25, 0.3) is 0 Å². The fraction of sp³-hybridized carbons (Fsp3) is 1.00. The Balaban J connectivity index is 2.01. The van der Waals surface area contributed by atoms with Crippen molar-refractivity contribution in [2.45, 2.75) is 38.2 Å². The van der Waals surface area contributed by atoms with Gasteiger partial charge in [-0.25, -0.2) is 0 Å². The van der Waals surface area contributed by atoms with E-state index in [2.05, 4.69) is 6.92 Å². The zero-order chi connectivity index (χ0) is 7.45. The van der Waals surface area contributed by atoms with Gasteiger partial charge in [0.2, 0.25) is 0 Å². The first-order valence-corrected chi connectivity index (χ1v) is 4.02. The van der Waals surface area contributed by atoms with Gasteiger partial charge in [-0.2, -0.15) is 0 Å². The smallest absolute Gasteiger partial charge is 0.0676 e. The van der Waals surface area contributed by atoms with Crippen molar-refractivity contribution in [2.75, 3.05) is 13.2 Å². The number of unbranched alkanes of at least 4 members (excludes halogenated alkanes) is 1. The third-order valence-corrected chi connectivity index (χ3v) is 2.20. The highest BCUT2D eigenvalue weighted by Gasteiger charge is 2.31. The zero-order valence-corrected chi connectivity index (χ0v) is 6.60. The third kappa shape index (κ3) is 1.96. The van der Waals surface area contributed by atoms with Gasteiger partial charge in [0.1, 0.15) is 0 Å². The first kappa shape index (κ1) is 8.02. The fourth-order valence-electron chi connectivity index (χ4n) is 1.26. The van der Waals surface area contributed by atoms with Gasteiger partial charge in [-0.3, -0.25) is 0 Å². The number of hydrogen-bond acceptors (Lipinski definition) is 2. The van der Waals surface area contributed by atoms with Gasteiger partial charge in [-0.15, -0.1) is 0 Å². The van der Waals surface area contributed by atoms with E-state index in [0.29, 0.717) is 6.61 Å². The van der Waals surface area contributed by atoms with Gasteiger partial charge in [0.15, 0.2) is 0 Å². The molecule has 1 aliphatic rings. The lowest BCUT2D eigenvalue weighted by molar-refractivity contribution is -0.139. The van der Waals surface area contributed by atoms with Crippen LogP contribution < -0.4 is 0 Å². The maximum atomic E-state index is 8.51. The average molecular weight is 144 g/mol. The minimum Gasteiger partial charge on any atom is -0.396 e. The predicted molar refractivity (Wildman–Crippen MR) is 39.9 cm³/mol. The molecule has 1 aliphatic heterocycles. The highest BCUT2D eigenvalue weighted by Crippen LogP contribution is 2.30. The Morgan fingerprint density at radius 3 is 2.60 bits per heavy atom. The van der Waals surface area contributed by atoms with E-state index in [0.717, 1.165) is 25.9 Å². The van der Waals surface area contributed by atoms with Crippen molar-refractivity contribution in [3.63, 3.8) is 0 Å². The molecule has 2 nitrogen and oxygen atoms in total. The van der Waals surface area contributed by atoms with Crippen LogP contribution >= 0.6 is 0 Å². The van der Waals surface area contributed by atoms with Crippen molar-refractivity contribution in [1.29, 1.82) is 0 Å². The van der Waals surface area contributed by atoms with Crippen molar-refractivity contribution < 1.29 is 9.84 Å². The van der Waals surface area contributed by atoms with E-state index in [1.807, 2.05) is 0 Å². The molecule has 2 heteroatoms. The molecule has 1 atom stereocenters. The monoisotopic (exact) mass is 144 g/mol. The van der Waals surface area contributed by atoms with Crippen LogP contribution in [0.15, 0.2) is 0 Å². The summed E-state index contributed by atoms with van der Waals surface area (Å²) in [6, 6.07) is 0. The Bertz CT molecular complexity index is 97.4. The second kappa shape index (κ2) is 3.35. The molecule has 0 aliphatic carbocycles. The van der Waals surface area contributed by atoms with Gasteiger partial charge < -0.3 is 9.84 Å². The zero-order valence-electron chi connectivity index (χ0n) is 6.60. The van der Waals surface area contributed by atoms with E-state index in [4.69, 9.17) is 9.84 Å². The molecular formula is C8H16O2. The van der Waals surface area contributed by atoms with Gasteiger partial charge in [0.05, 0.1) is 12.2 Å². The Morgan fingerprint density at radius 1 is 1.50 bits per heavy atom. The first-order valence-electron chi connectivity index (χ1n) is 4.02. The number of rotatable bonds is 4. The molecule has 0 aromatic heterocycles. The third-order valence-electron chi connectivity index (χ3n) is 2.20. The molecule has 0 aromatic carbocycles. The molecule has 1 unspecified atom stereocenters. The number of hydrogen-bond donors (Lipinski definition) is 1. The van der Waals surface area contributed by atoms with Crippen LogP contribution in [0.2, 0.25) is 0 Å². The summed E-state index contributed by atoms with van der Waals surface area (Å²) in [4.78, 5) is 0. The molecule has 10 heavy (non-hydrogen) atoms. The Morgan fingerprint density at radius 2 is 2.20 bits per heavy atom. The summed E-state index contributed by atoms with van der Waals surface area (Å²) in [6.07, 6.45) is 4.30. The van der Waals surface area contributed by atoms with E-state index >= 15 is 0 Å². The van der Waals surface area contributed by atoms with E-state index in [1.54, 1.807) is 0 Å². The normalized spacial score (nSPS) is 31.8. The molecule has 1 saturated heterocycles. The molecule has 0 spiro atoms. The fourth-order valence-corrected chi connectivity index (χ4v) is 1.26. The van der Waals surface area contributed by atoms with Crippen molar-refractivity contribution >= 4 is 0 Å². The molecule has 0 amide bonds. The second-order valence-corrected chi connectivity index (χ2v) is 3.23. The molecule has 60 valence electrons. The van der Waals surface area contributed by atoms with Crippen LogP contribution in [-0.4, -0.2) is 23.9 Å². The standard InChI is InChI=1S/C8H16O2/c1-8(5-7-10-8)4-2-3-6-9/h9H,2-7H2,1H3. The molecule has 1 fully saturated rings. The highest BCUT2D eigenvalue weighted by atomic mass is 16.5. The van der Waals surface area contributed by atoms with E-state index in [1.165, 1.54) is 6.42 Å². The average Bonchev–Trinajstić information content (AvgIpc) is 1.85. The number of aliphatic hydroxyl groups excluding tert-OH is 1. The summed E-state index contributed by atoms with van der Waals surface area (Å²) < 4.78 is 5.38. The topological polar surface area (TPSA) is 29.5 Å². The molecule has 0 aromatic rings. The van der Waals surface area contributed by atoms with Gasteiger partial charge in [-0.1, -0.05) is 0 Å². The molecule has 1 N–H and O–H groups in total. The van der Waals surface area contributed by atoms with Crippen molar-refractivity contribution in [3.8, 4) is 0 Å². The lowest BCUT2D eigenvalue weighted by Gasteiger charge is -2.38. The van der Waals surface area contributed by atoms with Gasteiger partial charge in [-0.05, 0) is 32.6 Å². The molecular weight excluding hydrogens is 128 g/mol. The minimum absolute atomic E-state index is 0.162. The highest BCUT2D eigenvalue weighted by molar-refractivity contribution is 4.81. The Kier molecular flexibility index (Phi) is 2.69. The van der Waals surface area contributed by atoms with E-state index in [-0.39, 0.29) is 5.60 Å². The minimum atomic E-state index is 0.162. The Hall–Kier alpha value is -0.0800. The van der Waals surface area contributed by atoms with Gasteiger partial charge in [0.25, 0.3) is 0 Å². The molecule has 1 rings (SSSR count). The summed E-state index contributed by atoms with van der Waals surface area (Å²) in [5.74, 6) is 0. The SMILES string of the molecule is CC1(CCCCO)CCO1. The van der Waals surface area contributed by atoms with Crippen LogP contribution in [0.3, 0.4) is 0 Å². The summed E-state index contributed by atoms with van der Waals surface area (Å²) in [7, 11) is 0. The quantitative estimate of drug-likeness (QED) is 0.603. The number of ether oxygens (including phenoxy) is 1. The Labute approximate surface area is 62.2 Å². The van der Waals surface area contributed by atoms with Crippen LogP contribution in [0.1, 0.15) is 32.6 Å². The summed E-state index contributed by atoms with van der Waals surface area (Å²) in [6.45, 7) is 3.39. The second-order valence-electron chi connectivity index (χ2n) is 3.23.